The van der Waals surface area contributed by atoms with Crippen LogP contribution in [-0.2, 0) is 0 Å². The Morgan fingerprint density at radius 3 is 2.89 bits per heavy atom. The van der Waals surface area contributed by atoms with Gasteiger partial charge in [-0.1, -0.05) is 0 Å². The minimum absolute atomic E-state index is 0.113. The number of pyridine rings is 1. The fourth-order valence-corrected chi connectivity index (χ4v) is 2.18. The van der Waals surface area contributed by atoms with E-state index in [1.54, 1.807) is 0 Å². The number of hydrogen-bond donors (Lipinski definition) is 1. The molecule has 1 aromatic heterocycles. The summed E-state index contributed by atoms with van der Waals surface area (Å²) in [5, 5.41) is 19.8. The van der Waals surface area contributed by atoms with Gasteiger partial charge in [-0.3, -0.25) is 10.1 Å². The van der Waals surface area contributed by atoms with E-state index < -0.39 is 10.9 Å². The van der Waals surface area contributed by atoms with E-state index in [-0.39, 0.29) is 17.3 Å². The van der Waals surface area contributed by atoms with Gasteiger partial charge in [-0.05, 0) is 19.8 Å². The third-order valence-electron chi connectivity index (χ3n) is 3.12. The molecule has 0 saturated carbocycles. The van der Waals surface area contributed by atoms with Gasteiger partial charge in [0, 0.05) is 18.7 Å². The van der Waals surface area contributed by atoms with Gasteiger partial charge in [0.2, 0.25) is 0 Å². The number of carbonyl (C=O) groups is 1. The van der Waals surface area contributed by atoms with Crippen LogP contribution in [0, 0.1) is 10.1 Å². The van der Waals surface area contributed by atoms with E-state index in [1.165, 1.54) is 0 Å². The smallest absolute Gasteiger partial charge is 0.339 e. The summed E-state index contributed by atoms with van der Waals surface area (Å²) in [4.78, 5) is 27.0. The SMILES string of the molecule is CC1CCCN1c1ncc([N+](=O)[O-])cc1C(=O)O. The first-order valence-electron chi connectivity index (χ1n) is 5.65. The van der Waals surface area contributed by atoms with Gasteiger partial charge in [-0.15, -0.1) is 0 Å². The van der Waals surface area contributed by atoms with E-state index in [0.29, 0.717) is 5.82 Å². The molecule has 0 bridgehead atoms. The molecule has 7 nitrogen and oxygen atoms in total. The molecule has 2 rings (SSSR count). The van der Waals surface area contributed by atoms with Crippen molar-refractivity contribution in [2.75, 3.05) is 11.4 Å². The first kappa shape index (κ1) is 12.3. The second kappa shape index (κ2) is 4.59. The number of anilines is 1. The molecule has 0 aromatic carbocycles. The van der Waals surface area contributed by atoms with E-state index in [2.05, 4.69) is 4.98 Å². The second-order valence-corrected chi connectivity index (χ2v) is 4.31. The lowest BCUT2D eigenvalue weighted by molar-refractivity contribution is -0.385. The Balaban J connectivity index is 2.46. The highest BCUT2D eigenvalue weighted by atomic mass is 16.6. The first-order valence-corrected chi connectivity index (χ1v) is 5.65. The van der Waals surface area contributed by atoms with Gasteiger partial charge in [0.1, 0.15) is 17.6 Å². The zero-order valence-electron chi connectivity index (χ0n) is 9.87. The van der Waals surface area contributed by atoms with Crippen molar-refractivity contribution in [3.8, 4) is 0 Å². The van der Waals surface area contributed by atoms with Crippen molar-refractivity contribution in [3.63, 3.8) is 0 Å². The molecule has 1 aromatic rings. The van der Waals surface area contributed by atoms with Crippen LogP contribution < -0.4 is 4.90 Å². The number of hydrogen-bond acceptors (Lipinski definition) is 5. The molecule has 7 heteroatoms. The van der Waals surface area contributed by atoms with Crippen LogP contribution in [0.4, 0.5) is 11.5 Å². The van der Waals surface area contributed by atoms with Gasteiger partial charge in [0.05, 0.1) is 4.92 Å². The van der Waals surface area contributed by atoms with Crippen LogP contribution in [0.25, 0.3) is 0 Å². The molecular formula is C11H13N3O4. The maximum Gasteiger partial charge on any atom is 0.339 e. The average molecular weight is 251 g/mol. The quantitative estimate of drug-likeness (QED) is 0.648. The predicted molar refractivity (Wildman–Crippen MR) is 63.9 cm³/mol. The van der Waals surface area contributed by atoms with Gasteiger partial charge in [-0.25, -0.2) is 9.78 Å². The van der Waals surface area contributed by atoms with E-state index in [0.717, 1.165) is 31.6 Å². The molecule has 2 heterocycles. The monoisotopic (exact) mass is 251 g/mol. The van der Waals surface area contributed by atoms with Crippen LogP contribution in [-0.4, -0.2) is 33.6 Å². The summed E-state index contributed by atoms with van der Waals surface area (Å²) < 4.78 is 0. The largest absolute Gasteiger partial charge is 0.478 e. The highest BCUT2D eigenvalue weighted by Gasteiger charge is 2.27. The number of carboxylic acid groups (broad SMARTS) is 1. The zero-order valence-corrected chi connectivity index (χ0v) is 9.87. The minimum atomic E-state index is -1.19. The average Bonchev–Trinajstić information content (AvgIpc) is 2.74. The Bertz CT molecular complexity index is 503. The van der Waals surface area contributed by atoms with Gasteiger partial charge in [0.15, 0.2) is 0 Å². The summed E-state index contributed by atoms with van der Waals surface area (Å²) in [6.45, 7) is 2.72. The summed E-state index contributed by atoms with van der Waals surface area (Å²) in [7, 11) is 0. The molecule has 1 saturated heterocycles. The van der Waals surface area contributed by atoms with Crippen molar-refractivity contribution in [2.24, 2.45) is 0 Å². The van der Waals surface area contributed by atoms with E-state index in [9.17, 15) is 14.9 Å². The third kappa shape index (κ3) is 2.11. The van der Waals surface area contributed by atoms with Crippen molar-refractivity contribution in [1.29, 1.82) is 0 Å². The summed E-state index contributed by atoms with van der Waals surface area (Å²) in [6.07, 6.45) is 3.05. The molecule has 18 heavy (non-hydrogen) atoms. The third-order valence-corrected chi connectivity index (χ3v) is 3.12. The topological polar surface area (TPSA) is 96.6 Å². The highest BCUT2D eigenvalue weighted by Crippen LogP contribution is 2.28. The molecule has 1 aliphatic rings. The number of nitrogens with zero attached hydrogens (tertiary/aromatic N) is 3. The van der Waals surface area contributed by atoms with E-state index in [1.807, 2.05) is 11.8 Å². The lowest BCUT2D eigenvalue weighted by Gasteiger charge is -2.23. The van der Waals surface area contributed by atoms with Crippen LogP contribution in [0.3, 0.4) is 0 Å². The Kier molecular flexibility index (Phi) is 3.14. The summed E-state index contributed by atoms with van der Waals surface area (Å²) in [5.41, 5.74) is -0.416. The van der Waals surface area contributed by atoms with Crippen LogP contribution in [0.5, 0.6) is 0 Å². The molecule has 1 atom stereocenters. The normalized spacial score (nSPS) is 18.9. The first-order chi connectivity index (χ1) is 8.50. The van der Waals surface area contributed by atoms with Crippen molar-refractivity contribution in [3.05, 3.63) is 27.9 Å². The standard InChI is InChI=1S/C11H13N3O4/c1-7-3-2-4-13(7)10-9(11(15)16)5-8(6-12-10)14(17)18/h5-7H,2-4H2,1H3,(H,15,16). The number of nitro groups is 1. The van der Waals surface area contributed by atoms with Gasteiger partial charge in [-0.2, -0.15) is 0 Å². The highest BCUT2D eigenvalue weighted by molar-refractivity contribution is 5.94. The molecule has 0 radical (unpaired) electrons. The molecule has 96 valence electrons. The number of rotatable bonds is 3. The fraction of sp³-hybridized carbons (Fsp3) is 0.455. The lowest BCUT2D eigenvalue weighted by Crippen LogP contribution is -2.29. The summed E-state index contributed by atoms with van der Waals surface area (Å²) in [5.74, 6) is -0.876. The predicted octanol–water partition coefficient (Wildman–Crippen LogP) is 1.68. The fourth-order valence-electron chi connectivity index (χ4n) is 2.18. The van der Waals surface area contributed by atoms with Gasteiger partial charge >= 0.3 is 5.97 Å². The Morgan fingerprint density at radius 2 is 2.39 bits per heavy atom. The Hall–Kier alpha value is -2.18. The van der Waals surface area contributed by atoms with Crippen molar-refractivity contribution >= 4 is 17.5 Å². The summed E-state index contributed by atoms with van der Waals surface area (Å²) >= 11 is 0. The maximum absolute atomic E-state index is 11.2. The number of aromatic carboxylic acids is 1. The van der Waals surface area contributed by atoms with E-state index >= 15 is 0 Å². The summed E-state index contributed by atoms with van der Waals surface area (Å²) in [6, 6.07) is 1.27. The minimum Gasteiger partial charge on any atom is -0.478 e. The molecule has 0 amide bonds. The van der Waals surface area contributed by atoms with Crippen LogP contribution >= 0.6 is 0 Å². The second-order valence-electron chi connectivity index (χ2n) is 4.31. The molecule has 1 aliphatic heterocycles. The molecule has 1 N–H and O–H groups in total. The van der Waals surface area contributed by atoms with Crippen LogP contribution in [0.15, 0.2) is 12.3 Å². The van der Waals surface area contributed by atoms with Crippen molar-refractivity contribution in [2.45, 2.75) is 25.8 Å². The zero-order chi connectivity index (χ0) is 13.3. The van der Waals surface area contributed by atoms with Crippen LogP contribution in [0.1, 0.15) is 30.1 Å². The molecule has 1 fully saturated rings. The Labute approximate surface area is 103 Å². The number of carboxylic acids is 1. The molecule has 0 spiro atoms. The van der Waals surface area contributed by atoms with E-state index in [4.69, 9.17) is 5.11 Å². The van der Waals surface area contributed by atoms with Gasteiger partial charge < -0.3 is 10.0 Å². The maximum atomic E-state index is 11.2. The molecular weight excluding hydrogens is 238 g/mol. The van der Waals surface area contributed by atoms with Crippen molar-refractivity contribution in [1.82, 2.24) is 4.98 Å². The van der Waals surface area contributed by atoms with Crippen molar-refractivity contribution < 1.29 is 14.8 Å². The number of aromatic nitrogens is 1. The lowest BCUT2D eigenvalue weighted by atomic mass is 10.2. The van der Waals surface area contributed by atoms with Crippen LogP contribution in [0.2, 0.25) is 0 Å². The Morgan fingerprint density at radius 1 is 1.67 bits per heavy atom. The molecule has 1 unspecified atom stereocenters. The van der Waals surface area contributed by atoms with Gasteiger partial charge in [0.25, 0.3) is 5.69 Å². The molecule has 0 aliphatic carbocycles.